The summed E-state index contributed by atoms with van der Waals surface area (Å²) in [6, 6.07) is 17.6. The van der Waals surface area contributed by atoms with Crippen LogP contribution in [-0.4, -0.2) is 48.4 Å². The highest BCUT2D eigenvalue weighted by molar-refractivity contribution is 5.98. The Balaban J connectivity index is 1.51. The molecule has 0 bridgehead atoms. The first kappa shape index (κ1) is 21.6. The zero-order chi connectivity index (χ0) is 22.5. The molecule has 6 nitrogen and oxygen atoms in total. The van der Waals surface area contributed by atoms with Gasteiger partial charge in [-0.15, -0.1) is 0 Å². The number of aryl methyl sites for hydroxylation is 1. The monoisotopic (exact) mass is 429 g/mol. The first-order chi connectivity index (χ1) is 15.6. The summed E-state index contributed by atoms with van der Waals surface area (Å²) >= 11 is 0. The van der Waals surface area contributed by atoms with Crippen LogP contribution in [0.2, 0.25) is 0 Å². The van der Waals surface area contributed by atoms with E-state index in [0.717, 1.165) is 22.3 Å². The van der Waals surface area contributed by atoms with E-state index in [1.54, 1.807) is 24.3 Å². The van der Waals surface area contributed by atoms with Crippen LogP contribution in [0.3, 0.4) is 0 Å². The van der Waals surface area contributed by atoms with Gasteiger partial charge in [-0.1, -0.05) is 42.5 Å². The summed E-state index contributed by atoms with van der Waals surface area (Å²) < 4.78 is 5.48. The quantitative estimate of drug-likeness (QED) is 0.674. The highest BCUT2D eigenvalue weighted by Gasteiger charge is 2.29. The number of nitrogens with zero attached hydrogens (tertiary/aromatic N) is 2. The van der Waals surface area contributed by atoms with Gasteiger partial charge in [-0.2, -0.15) is 0 Å². The minimum Gasteiger partial charge on any atom is -0.496 e. The molecule has 1 fully saturated rings. The van der Waals surface area contributed by atoms with Crippen LogP contribution in [0.5, 0.6) is 5.75 Å². The number of aromatic nitrogens is 1. The van der Waals surface area contributed by atoms with Gasteiger partial charge in [0.1, 0.15) is 5.75 Å². The van der Waals surface area contributed by atoms with Crippen LogP contribution >= 0.6 is 0 Å². The second-order valence-corrected chi connectivity index (χ2v) is 8.04. The number of para-hydroxylation sites is 1. The van der Waals surface area contributed by atoms with Crippen molar-refractivity contribution < 1.29 is 14.3 Å². The summed E-state index contributed by atoms with van der Waals surface area (Å²) in [5, 5.41) is 2.96. The predicted molar refractivity (Wildman–Crippen MR) is 124 cm³/mol. The molecule has 0 unspecified atom stereocenters. The van der Waals surface area contributed by atoms with Gasteiger partial charge in [-0.05, 0) is 47.7 Å². The van der Waals surface area contributed by atoms with Crippen molar-refractivity contribution in [2.45, 2.75) is 13.3 Å². The first-order valence-corrected chi connectivity index (χ1v) is 10.8. The molecule has 0 radical (unpaired) electrons. The van der Waals surface area contributed by atoms with Gasteiger partial charge in [-0.3, -0.25) is 14.6 Å². The van der Waals surface area contributed by atoms with Crippen molar-refractivity contribution in [3.05, 3.63) is 83.7 Å². The largest absolute Gasteiger partial charge is 0.496 e. The molecule has 1 saturated heterocycles. The number of methoxy groups -OCH3 is 1. The van der Waals surface area contributed by atoms with Crippen LogP contribution in [0, 0.1) is 12.8 Å². The molecule has 0 saturated carbocycles. The number of hydrogen-bond acceptors (Lipinski definition) is 4. The summed E-state index contributed by atoms with van der Waals surface area (Å²) in [5.74, 6) is 0.136. The average molecular weight is 430 g/mol. The Morgan fingerprint density at radius 2 is 1.94 bits per heavy atom. The maximum Gasteiger partial charge on any atom is 0.257 e. The number of pyridine rings is 1. The highest BCUT2D eigenvalue weighted by Crippen LogP contribution is 2.26. The molecule has 2 amide bonds. The van der Waals surface area contributed by atoms with E-state index in [0.29, 0.717) is 37.4 Å². The summed E-state index contributed by atoms with van der Waals surface area (Å²) in [6.07, 6.45) is 4.15. The van der Waals surface area contributed by atoms with Gasteiger partial charge in [0.25, 0.3) is 5.91 Å². The fourth-order valence-corrected chi connectivity index (χ4v) is 4.15. The standard InChI is InChI=1S/C26H27N3O3/c1-18-5-3-7-23(24(18)32-2)26(31)29-14-13-28-25(30)22(17-29)15-19-8-10-20(11-9-19)21-6-4-12-27-16-21/h3-12,16,22H,13-15,17H2,1-2H3,(H,28,30)/t22-/m1/s1. The van der Waals surface area contributed by atoms with Crippen molar-refractivity contribution in [2.75, 3.05) is 26.7 Å². The molecule has 1 aliphatic heterocycles. The lowest BCUT2D eigenvalue weighted by atomic mass is 9.96. The van der Waals surface area contributed by atoms with E-state index in [2.05, 4.69) is 10.3 Å². The van der Waals surface area contributed by atoms with Gasteiger partial charge < -0.3 is 15.0 Å². The topological polar surface area (TPSA) is 71.5 Å². The molecule has 1 aromatic heterocycles. The minimum atomic E-state index is -0.318. The van der Waals surface area contributed by atoms with Gasteiger partial charge >= 0.3 is 0 Å². The third kappa shape index (κ3) is 4.64. The molecular weight excluding hydrogens is 402 g/mol. The maximum absolute atomic E-state index is 13.3. The molecule has 32 heavy (non-hydrogen) atoms. The van der Waals surface area contributed by atoms with E-state index >= 15 is 0 Å². The van der Waals surface area contributed by atoms with Gasteiger partial charge in [0, 0.05) is 32.0 Å². The van der Waals surface area contributed by atoms with E-state index < -0.39 is 0 Å². The molecule has 1 N–H and O–H groups in total. The third-order valence-electron chi connectivity index (χ3n) is 5.86. The number of rotatable bonds is 5. The van der Waals surface area contributed by atoms with Crippen LogP contribution < -0.4 is 10.1 Å². The van der Waals surface area contributed by atoms with Crippen LogP contribution in [0.25, 0.3) is 11.1 Å². The number of carbonyl (C=O) groups excluding carboxylic acids is 2. The predicted octanol–water partition coefficient (Wildman–Crippen LogP) is 3.50. The minimum absolute atomic E-state index is 0.0205. The van der Waals surface area contributed by atoms with Gasteiger partial charge in [0.2, 0.25) is 5.91 Å². The molecule has 2 heterocycles. The average Bonchev–Trinajstić information content (AvgIpc) is 3.01. The number of amides is 2. The number of carbonyl (C=O) groups is 2. The van der Waals surface area contributed by atoms with Crippen LogP contribution in [0.15, 0.2) is 67.0 Å². The lowest BCUT2D eigenvalue weighted by Crippen LogP contribution is -2.37. The number of ether oxygens (including phenoxy) is 1. The Labute approximate surface area is 188 Å². The van der Waals surface area contributed by atoms with Crippen LogP contribution in [0.4, 0.5) is 0 Å². The van der Waals surface area contributed by atoms with E-state index in [4.69, 9.17) is 4.74 Å². The SMILES string of the molecule is COc1c(C)cccc1C(=O)N1CCNC(=O)[C@H](Cc2ccc(-c3cccnc3)cc2)C1. The Bertz CT molecular complexity index is 1100. The van der Waals surface area contributed by atoms with Crippen molar-refractivity contribution in [3.8, 4) is 16.9 Å². The molecular formula is C26H27N3O3. The second-order valence-electron chi connectivity index (χ2n) is 8.04. The summed E-state index contributed by atoms with van der Waals surface area (Å²) in [6.45, 7) is 3.19. The molecule has 164 valence electrons. The summed E-state index contributed by atoms with van der Waals surface area (Å²) in [4.78, 5) is 31.9. The maximum atomic E-state index is 13.3. The Morgan fingerprint density at radius 1 is 1.12 bits per heavy atom. The zero-order valence-electron chi connectivity index (χ0n) is 18.4. The van der Waals surface area contributed by atoms with Crippen LogP contribution in [0.1, 0.15) is 21.5 Å². The lowest BCUT2D eigenvalue weighted by Gasteiger charge is -2.24. The zero-order valence-corrected chi connectivity index (χ0v) is 18.4. The molecule has 2 aromatic carbocycles. The van der Waals surface area contributed by atoms with E-state index in [1.807, 2.05) is 61.7 Å². The lowest BCUT2D eigenvalue weighted by molar-refractivity contribution is -0.124. The van der Waals surface area contributed by atoms with E-state index in [-0.39, 0.29) is 17.7 Å². The molecule has 4 rings (SSSR count). The molecule has 1 aliphatic rings. The fraction of sp³-hybridized carbons (Fsp3) is 0.269. The molecule has 6 heteroatoms. The van der Waals surface area contributed by atoms with Crippen molar-refractivity contribution >= 4 is 11.8 Å². The second kappa shape index (κ2) is 9.64. The molecule has 1 atom stereocenters. The summed E-state index contributed by atoms with van der Waals surface area (Å²) in [7, 11) is 1.57. The smallest absolute Gasteiger partial charge is 0.257 e. The molecule has 0 aliphatic carbocycles. The first-order valence-electron chi connectivity index (χ1n) is 10.8. The Morgan fingerprint density at radius 3 is 2.66 bits per heavy atom. The number of benzene rings is 2. The van der Waals surface area contributed by atoms with Crippen molar-refractivity contribution in [1.29, 1.82) is 0 Å². The van der Waals surface area contributed by atoms with Gasteiger partial charge in [0.15, 0.2) is 0 Å². The highest BCUT2D eigenvalue weighted by atomic mass is 16.5. The van der Waals surface area contributed by atoms with Crippen molar-refractivity contribution in [3.63, 3.8) is 0 Å². The van der Waals surface area contributed by atoms with Crippen LogP contribution in [-0.2, 0) is 11.2 Å². The van der Waals surface area contributed by atoms with E-state index in [1.165, 1.54) is 0 Å². The molecule has 3 aromatic rings. The van der Waals surface area contributed by atoms with Crippen molar-refractivity contribution in [2.24, 2.45) is 5.92 Å². The van der Waals surface area contributed by atoms with E-state index in [9.17, 15) is 9.59 Å². The van der Waals surface area contributed by atoms with Crippen molar-refractivity contribution in [1.82, 2.24) is 15.2 Å². The molecule has 0 spiro atoms. The van der Waals surface area contributed by atoms with Gasteiger partial charge in [0.05, 0.1) is 18.6 Å². The fourth-order valence-electron chi connectivity index (χ4n) is 4.15. The van der Waals surface area contributed by atoms with Gasteiger partial charge in [-0.25, -0.2) is 0 Å². The number of hydrogen-bond donors (Lipinski definition) is 1. The Hall–Kier alpha value is -3.67. The number of nitrogens with one attached hydrogen (secondary N) is 1. The summed E-state index contributed by atoms with van der Waals surface area (Å²) in [5.41, 5.74) is 4.62. The Kier molecular flexibility index (Phi) is 6.50. The normalized spacial score (nSPS) is 16.2. The third-order valence-corrected chi connectivity index (χ3v) is 5.86.